The van der Waals surface area contributed by atoms with Gasteiger partial charge in [0.2, 0.25) is 11.8 Å². The minimum atomic E-state index is 0.0127. The zero-order chi connectivity index (χ0) is 16.7. The summed E-state index contributed by atoms with van der Waals surface area (Å²) in [5.74, 6) is 0.142. The van der Waals surface area contributed by atoms with Crippen LogP contribution < -0.4 is 0 Å². The van der Waals surface area contributed by atoms with Gasteiger partial charge in [0, 0.05) is 59.3 Å². The zero-order valence-electron chi connectivity index (χ0n) is 14.4. The van der Waals surface area contributed by atoms with Crippen LogP contribution in [0.2, 0.25) is 0 Å². The van der Waals surface area contributed by atoms with Crippen molar-refractivity contribution >= 4 is 11.8 Å². The molecule has 2 atom stereocenters. The number of piperidine rings is 1. The van der Waals surface area contributed by atoms with Crippen LogP contribution >= 0.6 is 0 Å². The van der Waals surface area contributed by atoms with Crippen LogP contribution in [0.5, 0.6) is 0 Å². The van der Waals surface area contributed by atoms with Gasteiger partial charge in [-0.2, -0.15) is 0 Å². The first kappa shape index (κ1) is 18.6. The van der Waals surface area contributed by atoms with E-state index >= 15 is 0 Å². The highest BCUT2D eigenvalue weighted by molar-refractivity contribution is 5.87. The van der Waals surface area contributed by atoms with Crippen molar-refractivity contribution < 1.29 is 14.3 Å². The van der Waals surface area contributed by atoms with Crippen molar-refractivity contribution in [1.82, 2.24) is 14.7 Å². The van der Waals surface area contributed by atoms with Crippen LogP contribution in [-0.2, 0) is 14.3 Å². The molecule has 0 aliphatic carbocycles. The van der Waals surface area contributed by atoms with Crippen molar-refractivity contribution in [1.29, 1.82) is 0 Å². The molecule has 0 radical (unpaired) electrons. The van der Waals surface area contributed by atoms with Crippen molar-refractivity contribution in [2.75, 3.05) is 54.9 Å². The molecule has 6 nitrogen and oxygen atoms in total. The normalized spacial score (nSPS) is 22.4. The molecule has 1 heterocycles. The highest BCUT2D eigenvalue weighted by atomic mass is 16.5. The minimum absolute atomic E-state index is 0.0127. The van der Waals surface area contributed by atoms with Gasteiger partial charge in [0.05, 0.1) is 6.10 Å². The van der Waals surface area contributed by atoms with E-state index in [0.29, 0.717) is 19.5 Å². The molecule has 1 fully saturated rings. The molecule has 0 saturated carbocycles. The Hall–Kier alpha value is -1.40. The standard InChI is InChI=1S/C16H29N3O3/c1-17(2)9-6-7-15(20)19-10-8-14(22-5)13(12-19)11-16(21)18(3)4/h6-7,13-14H,8-12H2,1-5H3/b7-6+/t13-,14-/m1/s1. The molecule has 126 valence electrons. The highest BCUT2D eigenvalue weighted by Crippen LogP contribution is 2.23. The van der Waals surface area contributed by atoms with E-state index in [1.807, 2.05) is 30.0 Å². The molecule has 0 bridgehead atoms. The molecule has 6 heteroatoms. The number of likely N-dealkylation sites (N-methyl/N-ethyl adjacent to an activating group) is 1. The molecule has 0 unspecified atom stereocenters. The lowest BCUT2D eigenvalue weighted by molar-refractivity contribution is -0.136. The van der Waals surface area contributed by atoms with Crippen molar-refractivity contribution in [3.8, 4) is 0 Å². The number of methoxy groups -OCH3 is 1. The first-order valence-electron chi connectivity index (χ1n) is 7.68. The maximum Gasteiger partial charge on any atom is 0.246 e. The number of rotatable bonds is 6. The van der Waals surface area contributed by atoms with Crippen LogP contribution in [0.15, 0.2) is 12.2 Å². The van der Waals surface area contributed by atoms with Crippen LogP contribution in [0.25, 0.3) is 0 Å². The van der Waals surface area contributed by atoms with Crippen LogP contribution in [0.1, 0.15) is 12.8 Å². The second kappa shape index (κ2) is 8.90. The lowest BCUT2D eigenvalue weighted by Gasteiger charge is -2.37. The number of likely N-dealkylation sites (tertiary alicyclic amines) is 1. The van der Waals surface area contributed by atoms with E-state index in [2.05, 4.69) is 0 Å². The van der Waals surface area contributed by atoms with Gasteiger partial charge in [-0.1, -0.05) is 6.08 Å². The summed E-state index contributed by atoms with van der Waals surface area (Å²) in [6.45, 7) is 1.99. The number of hydrogen-bond acceptors (Lipinski definition) is 4. The molecule has 0 spiro atoms. The predicted octanol–water partition coefficient (Wildman–Crippen LogP) is 0.446. The summed E-state index contributed by atoms with van der Waals surface area (Å²) in [7, 11) is 9.09. The van der Waals surface area contributed by atoms with Gasteiger partial charge < -0.3 is 19.4 Å². The maximum absolute atomic E-state index is 12.2. The Balaban J connectivity index is 2.63. The predicted molar refractivity (Wildman–Crippen MR) is 86.5 cm³/mol. The summed E-state index contributed by atoms with van der Waals surface area (Å²) in [6, 6.07) is 0. The Bertz CT molecular complexity index is 407. The van der Waals surface area contributed by atoms with E-state index in [-0.39, 0.29) is 23.8 Å². The average Bonchev–Trinajstić information content (AvgIpc) is 2.46. The van der Waals surface area contributed by atoms with Gasteiger partial charge in [0.1, 0.15) is 0 Å². The summed E-state index contributed by atoms with van der Waals surface area (Å²) in [6.07, 6.45) is 4.72. The number of carbonyl (C=O) groups is 2. The Morgan fingerprint density at radius 2 is 1.95 bits per heavy atom. The molecular weight excluding hydrogens is 282 g/mol. The molecule has 22 heavy (non-hydrogen) atoms. The quantitative estimate of drug-likeness (QED) is 0.668. The minimum Gasteiger partial charge on any atom is -0.381 e. The van der Waals surface area contributed by atoms with Crippen molar-refractivity contribution in [2.24, 2.45) is 5.92 Å². The van der Waals surface area contributed by atoms with Crippen LogP contribution in [0, 0.1) is 5.92 Å². The van der Waals surface area contributed by atoms with Crippen molar-refractivity contribution in [3.63, 3.8) is 0 Å². The topological polar surface area (TPSA) is 53.1 Å². The lowest BCUT2D eigenvalue weighted by Crippen LogP contribution is -2.47. The third kappa shape index (κ3) is 5.77. The Labute approximate surface area is 133 Å². The van der Waals surface area contributed by atoms with Crippen LogP contribution in [0.4, 0.5) is 0 Å². The van der Waals surface area contributed by atoms with Crippen molar-refractivity contribution in [2.45, 2.75) is 18.9 Å². The summed E-state index contributed by atoms with van der Waals surface area (Å²) < 4.78 is 5.49. The van der Waals surface area contributed by atoms with E-state index in [1.165, 1.54) is 0 Å². The monoisotopic (exact) mass is 311 g/mol. The first-order chi connectivity index (χ1) is 10.3. The lowest BCUT2D eigenvalue weighted by atomic mass is 9.91. The highest BCUT2D eigenvalue weighted by Gasteiger charge is 2.32. The molecular formula is C16H29N3O3. The Morgan fingerprint density at radius 3 is 2.50 bits per heavy atom. The second-order valence-electron chi connectivity index (χ2n) is 6.26. The van der Waals surface area contributed by atoms with Crippen molar-refractivity contribution in [3.05, 3.63) is 12.2 Å². The largest absolute Gasteiger partial charge is 0.381 e. The van der Waals surface area contributed by atoms with E-state index in [1.54, 1.807) is 32.2 Å². The van der Waals surface area contributed by atoms with Gasteiger partial charge >= 0.3 is 0 Å². The maximum atomic E-state index is 12.2. The van der Waals surface area contributed by atoms with Crippen LogP contribution in [-0.4, -0.2) is 87.6 Å². The number of nitrogens with zero attached hydrogens (tertiary/aromatic N) is 3. The Morgan fingerprint density at radius 1 is 1.27 bits per heavy atom. The smallest absolute Gasteiger partial charge is 0.246 e. The average molecular weight is 311 g/mol. The SMILES string of the molecule is CO[C@@H]1CCN(C(=O)/C=C/CN(C)C)C[C@H]1CC(=O)N(C)C. The summed E-state index contributed by atoms with van der Waals surface area (Å²) in [4.78, 5) is 29.6. The molecule has 1 rings (SSSR count). The van der Waals surface area contributed by atoms with E-state index in [9.17, 15) is 9.59 Å². The molecule has 1 saturated heterocycles. The number of amides is 2. The molecule has 1 aliphatic rings. The fraction of sp³-hybridized carbons (Fsp3) is 0.750. The third-order valence-electron chi connectivity index (χ3n) is 3.95. The van der Waals surface area contributed by atoms with E-state index in [4.69, 9.17) is 4.74 Å². The van der Waals surface area contributed by atoms with Gasteiger partial charge in [0.25, 0.3) is 0 Å². The zero-order valence-corrected chi connectivity index (χ0v) is 14.4. The fourth-order valence-electron chi connectivity index (χ4n) is 2.59. The molecule has 0 aromatic heterocycles. The van der Waals surface area contributed by atoms with Crippen LogP contribution in [0.3, 0.4) is 0 Å². The van der Waals surface area contributed by atoms with Gasteiger partial charge in [0.15, 0.2) is 0 Å². The van der Waals surface area contributed by atoms with E-state index in [0.717, 1.165) is 13.0 Å². The molecule has 0 N–H and O–H groups in total. The number of hydrogen-bond donors (Lipinski definition) is 0. The number of carbonyl (C=O) groups excluding carboxylic acids is 2. The summed E-state index contributed by atoms with van der Waals surface area (Å²) in [5.41, 5.74) is 0. The fourth-order valence-corrected chi connectivity index (χ4v) is 2.59. The summed E-state index contributed by atoms with van der Waals surface area (Å²) in [5, 5.41) is 0. The molecule has 1 aliphatic heterocycles. The third-order valence-corrected chi connectivity index (χ3v) is 3.95. The van der Waals surface area contributed by atoms with Gasteiger partial charge in [-0.3, -0.25) is 9.59 Å². The summed E-state index contributed by atoms with van der Waals surface area (Å²) >= 11 is 0. The van der Waals surface area contributed by atoms with E-state index < -0.39 is 0 Å². The molecule has 2 amide bonds. The first-order valence-corrected chi connectivity index (χ1v) is 7.68. The van der Waals surface area contributed by atoms with Gasteiger partial charge in [-0.05, 0) is 20.5 Å². The number of ether oxygens (including phenoxy) is 1. The van der Waals surface area contributed by atoms with Gasteiger partial charge in [-0.25, -0.2) is 0 Å². The Kier molecular flexibility index (Phi) is 7.55. The van der Waals surface area contributed by atoms with Gasteiger partial charge in [-0.15, -0.1) is 0 Å². The molecule has 0 aromatic carbocycles. The molecule has 0 aromatic rings. The second-order valence-corrected chi connectivity index (χ2v) is 6.26.